The van der Waals surface area contributed by atoms with Crippen molar-refractivity contribution in [3.05, 3.63) is 70.7 Å². The molecular weight excluding hydrogens is 343 g/mol. The lowest BCUT2D eigenvalue weighted by atomic mass is 9.97. The molecule has 140 valence electrons. The van der Waals surface area contributed by atoms with Gasteiger partial charge in [-0.25, -0.2) is 4.39 Å². The van der Waals surface area contributed by atoms with Gasteiger partial charge < -0.3 is 5.32 Å². The zero-order valence-corrected chi connectivity index (χ0v) is 16.0. The van der Waals surface area contributed by atoms with Crippen molar-refractivity contribution in [3.63, 3.8) is 0 Å². The second-order valence-electron chi connectivity index (χ2n) is 7.32. The molecule has 2 aromatic carbocycles. The Morgan fingerprint density at radius 1 is 1.00 bits per heavy atom. The second-order valence-corrected chi connectivity index (χ2v) is 7.32. The van der Waals surface area contributed by atoms with E-state index in [4.69, 9.17) is 0 Å². The van der Waals surface area contributed by atoms with E-state index in [0.29, 0.717) is 17.8 Å². The van der Waals surface area contributed by atoms with Gasteiger partial charge in [0, 0.05) is 12.2 Å². The fraction of sp³-hybridized carbons (Fsp3) is 0.273. The van der Waals surface area contributed by atoms with Crippen LogP contribution in [0.5, 0.6) is 0 Å². The summed E-state index contributed by atoms with van der Waals surface area (Å²) in [4.78, 5) is 27.4. The Balaban J connectivity index is 2.10. The molecule has 2 aromatic rings. The van der Waals surface area contributed by atoms with Gasteiger partial charge in [-0.05, 0) is 55.2 Å². The summed E-state index contributed by atoms with van der Waals surface area (Å²) >= 11 is 0. The zero-order valence-electron chi connectivity index (χ0n) is 16.0. The number of carbonyl (C=O) groups is 2. The number of amides is 2. The van der Waals surface area contributed by atoms with Crippen LogP contribution in [-0.2, 0) is 9.59 Å². The van der Waals surface area contributed by atoms with Crippen LogP contribution in [0.1, 0.15) is 30.5 Å². The van der Waals surface area contributed by atoms with Gasteiger partial charge >= 0.3 is 0 Å². The fourth-order valence-electron chi connectivity index (χ4n) is 3.24. The van der Waals surface area contributed by atoms with Gasteiger partial charge in [0.05, 0.1) is 5.57 Å². The van der Waals surface area contributed by atoms with Crippen molar-refractivity contribution in [1.82, 2.24) is 4.90 Å². The first-order valence-corrected chi connectivity index (χ1v) is 8.98. The molecule has 0 aliphatic carbocycles. The molecule has 4 nitrogen and oxygen atoms in total. The Hall–Kier alpha value is -2.95. The van der Waals surface area contributed by atoms with Crippen molar-refractivity contribution in [1.29, 1.82) is 0 Å². The van der Waals surface area contributed by atoms with Crippen molar-refractivity contribution in [2.75, 3.05) is 11.9 Å². The molecule has 0 spiro atoms. The molecule has 0 fully saturated rings. The number of imide groups is 1. The quantitative estimate of drug-likeness (QED) is 0.803. The largest absolute Gasteiger partial charge is 0.350 e. The van der Waals surface area contributed by atoms with Crippen molar-refractivity contribution >= 4 is 23.1 Å². The Kier molecular flexibility index (Phi) is 5.13. The van der Waals surface area contributed by atoms with E-state index in [-0.39, 0.29) is 29.2 Å². The van der Waals surface area contributed by atoms with E-state index in [2.05, 4.69) is 5.32 Å². The molecule has 3 rings (SSSR count). The highest BCUT2D eigenvalue weighted by molar-refractivity contribution is 6.36. The van der Waals surface area contributed by atoms with Crippen LogP contribution in [0.3, 0.4) is 0 Å². The van der Waals surface area contributed by atoms with Gasteiger partial charge in [0.15, 0.2) is 0 Å². The third kappa shape index (κ3) is 3.77. The van der Waals surface area contributed by atoms with E-state index >= 15 is 0 Å². The molecule has 1 heterocycles. The SMILES string of the molecule is Cc1ccc(C2=C(Nc3ccc(F)cc3)C(=O)N(CC(C)C)C2=O)c(C)c1. The van der Waals surface area contributed by atoms with Crippen LogP contribution < -0.4 is 5.32 Å². The van der Waals surface area contributed by atoms with E-state index < -0.39 is 0 Å². The molecule has 1 aliphatic heterocycles. The molecule has 0 saturated carbocycles. The lowest BCUT2D eigenvalue weighted by Gasteiger charge is -2.17. The van der Waals surface area contributed by atoms with Gasteiger partial charge in [0.2, 0.25) is 0 Å². The summed E-state index contributed by atoms with van der Waals surface area (Å²) in [7, 11) is 0. The Morgan fingerprint density at radius 2 is 1.67 bits per heavy atom. The summed E-state index contributed by atoms with van der Waals surface area (Å²) < 4.78 is 13.2. The van der Waals surface area contributed by atoms with E-state index in [0.717, 1.165) is 16.7 Å². The van der Waals surface area contributed by atoms with Crippen LogP contribution >= 0.6 is 0 Å². The Labute approximate surface area is 158 Å². The predicted octanol–water partition coefficient (Wildman–Crippen LogP) is 4.29. The highest BCUT2D eigenvalue weighted by atomic mass is 19.1. The molecule has 27 heavy (non-hydrogen) atoms. The zero-order chi connectivity index (χ0) is 19.7. The number of nitrogens with zero attached hydrogens (tertiary/aromatic N) is 1. The predicted molar refractivity (Wildman–Crippen MR) is 104 cm³/mol. The number of hydrogen-bond donors (Lipinski definition) is 1. The highest BCUT2D eigenvalue weighted by Gasteiger charge is 2.39. The molecule has 0 saturated heterocycles. The standard InChI is InChI=1S/C22H23FN2O2/c1-13(2)12-25-21(26)19(18-10-5-14(3)11-15(18)4)20(22(25)27)24-17-8-6-16(23)7-9-17/h5-11,13,24H,12H2,1-4H3. The normalized spacial score (nSPS) is 14.5. The van der Waals surface area contributed by atoms with Gasteiger partial charge in [0.1, 0.15) is 11.5 Å². The molecule has 0 radical (unpaired) electrons. The number of nitrogens with one attached hydrogen (secondary N) is 1. The topological polar surface area (TPSA) is 49.4 Å². The number of rotatable bonds is 5. The van der Waals surface area contributed by atoms with Crippen molar-refractivity contribution in [2.24, 2.45) is 5.92 Å². The molecule has 0 unspecified atom stereocenters. The minimum atomic E-state index is -0.362. The number of aryl methyl sites for hydroxylation is 2. The molecule has 5 heteroatoms. The lowest BCUT2D eigenvalue weighted by Crippen LogP contribution is -2.35. The molecule has 2 amide bonds. The summed E-state index contributed by atoms with van der Waals surface area (Å²) in [6.07, 6.45) is 0. The van der Waals surface area contributed by atoms with Crippen molar-refractivity contribution < 1.29 is 14.0 Å². The second kappa shape index (κ2) is 7.35. The highest BCUT2D eigenvalue weighted by Crippen LogP contribution is 2.33. The summed E-state index contributed by atoms with van der Waals surface area (Å²) in [6, 6.07) is 11.5. The molecule has 1 N–H and O–H groups in total. The van der Waals surface area contributed by atoms with Crippen molar-refractivity contribution in [3.8, 4) is 0 Å². The van der Waals surface area contributed by atoms with Gasteiger partial charge in [-0.1, -0.05) is 37.6 Å². The van der Waals surface area contributed by atoms with E-state index in [1.807, 2.05) is 45.9 Å². The van der Waals surface area contributed by atoms with Crippen LogP contribution in [0.25, 0.3) is 5.57 Å². The van der Waals surface area contributed by atoms with E-state index in [1.54, 1.807) is 12.1 Å². The van der Waals surface area contributed by atoms with Crippen LogP contribution in [0, 0.1) is 25.6 Å². The summed E-state index contributed by atoms with van der Waals surface area (Å²) in [5.74, 6) is -0.860. The first-order chi connectivity index (χ1) is 12.8. The molecule has 0 atom stereocenters. The Morgan fingerprint density at radius 3 is 2.26 bits per heavy atom. The minimum Gasteiger partial charge on any atom is -0.350 e. The van der Waals surface area contributed by atoms with Gasteiger partial charge in [0.25, 0.3) is 11.8 Å². The van der Waals surface area contributed by atoms with Crippen LogP contribution in [0.2, 0.25) is 0 Å². The lowest BCUT2D eigenvalue weighted by molar-refractivity contribution is -0.137. The first kappa shape index (κ1) is 18.8. The summed E-state index contributed by atoms with van der Waals surface area (Å²) in [6.45, 7) is 8.18. The average molecular weight is 366 g/mol. The fourth-order valence-corrected chi connectivity index (χ4v) is 3.24. The minimum absolute atomic E-state index is 0.156. The number of anilines is 1. The molecule has 0 aromatic heterocycles. The monoisotopic (exact) mass is 366 g/mol. The Bertz CT molecular complexity index is 930. The van der Waals surface area contributed by atoms with Crippen molar-refractivity contribution in [2.45, 2.75) is 27.7 Å². The molecule has 0 bridgehead atoms. The molecule has 1 aliphatic rings. The maximum atomic E-state index is 13.2. The van der Waals surface area contributed by atoms with Gasteiger partial charge in [-0.15, -0.1) is 0 Å². The first-order valence-electron chi connectivity index (χ1n) is 8.98. The average Bonchev–Trinajstić information content (AvgIpc) is 2.81. The summed E-state index contributed by atoms with van der Waals surface area (Å²) in [5.41, 5.74) is 3.90. The van der Waals surface area contributed by atoms with Crippen LogP contribution in [-0.4, -0.2) is 23.3 Å². The molecular formula is C22H23FN2O2. The number of halogens is 1. The third-order valence-electron chi connectivity index (χ3n) is 4.48. The smallest absolute Gasteiger partial charge is 0.278 e. The maximum absolute atomic E-state index is 13.2. The summed E-state index contributed by atoms with van der Waals surface area (Å²) in [5, 5.41) is 3.04. The van der Waals surface area contributed by atoms with Gasteiger partial charge in [-0.3, -0.25) is 14.5 Å². The number of hydrogen-bond acceptors (Lipinski definition) is 3. The number of carbonyl (C=O) groups excluding carboxylic acids is 2. The van der Waals surface area contributed by atoms with Gasteiger partial charge in [-0.2, -0.15) is 0 Å². The maximum Gasteiger partial charge on any atom is 0.278 e. The van der Waals surface area contributed by atoms with Crippen LogP contribution in [0.4, 0.5) is 10.1 Å². The van der Waals surface area contributed by atoms with E-state index in [9.17, 15) is 14.0 Å². The van der Waals surface area contributed by atoms with E-state index in [1.165, 1.54) is 17.0 Å². The van der Waals surface area contributed by atoms with Crippen LogP contribution in [0.15, 0.2) is 48.2 Å². The third-order valence-corrected chi connectivity index (χ3v) is 4.48. The number of benzene rings is 2.